The lowest BCUT2D eigenvalue weighted by molar-refractivity contribution is -0.00333. The Bertz CT molecular complexity index is 388. The first-order valence-electron chi connectivity index (χ1n) is 6.56. The zero-order chi connectivity index (χ0) is 11.7. The second kappa shape index (κ2) is 4.75. The molecule has 2 unspecified atom stereocenters. The summed E-state index contributed by atoms with van der Waals surface area (Å²) in [5, 5.41) is 10.5. The van der Waals surface area contributed by atoms with Crippen LogP contribution in [0, 0.1) is 5.92 Å². The van der Waals surface area contributed by atoms with Gasteiger partial charge in [-0.25, -0.2) is 0 Å². The molecular weight excluding hydrogens is 214 g/mol. The number of hydrogen-bond acceptors (Lipinski definition) is 3. The molecule has 1 aromatic heterocycles. The van der Waals surface area contributed by atoms with Crippen molar-refractivity contribution < 1.29 is 9.84 Å². The molecule has 1 fully saturated rings. The number of nitrogens with zero attached hydrogens (tertiary/aromatic N) is 1. The highest BCUT2D eigenvalue weighted by Crippen LogP contribution is 2.38. The summed E-state index contributed by atoms with van der Waals surface area (Å²) in [6.45, 7) is 1.59. The minimum absolute atomic E-state index is 0.241. The third kappa shape index (κ3) is 2.09. The van der Waals surface area contributed by atoms with Crippen LogP contribution < -0.4 is 0 Å². The van der Waals surface area contributed by atoms with Crippen molar-refractivity contribution in [3.05, 3.63) is 29.6 Å². The van der Waals surface area contributed by atoms with Crippen molar-refractivity contribution in [2.75, 3.05) is 13.2 Å². The molecule has 2 atom stereocenters. The Morgan fingerprint density at radius 2 is 2.12 bits per heavy atom. The molecule has 0 amide bonds. The SMILES string of the molecule is OC(C1CCOCC1)C1CCc2cccnc21. The molecule has 17 heavy (non-hydrogen) atoms. The van der Waals surface area contributed by atoms with Gasteiger partial charge >= 0.3 is 0 Å². The normalized spacial score (nSPS) is 26.8. The van der Waals surface area contributed by atoms with Crippen molar-refractivity contribution in [1.29, 1.82) is 0 Å². The monoisotopic (exact) mass is 233 g/mol. The molecule has 3 nitrogen and oxygen atoms in total. The molecule has 0 spiro atoms. The lowest BCUT2D eigenvalue weighted by Gasteiger charge is -2.30. The van der Waals surface area contributed by atoms with E-state index >= 15 is 0 Å². The number of aryl methyl sites for hydroxylation is 1. The van der Waals surface area contributed by atoms with Gasteiger partial charge in [0.15, 0.2) is 0 Å². The Labute approximate surface area is 102 Å². The maximum Gasteiger partial charge on any atom is 0.0653 e. The van der Waals surface area contributed by atoms with Gasteiger partial charge in [0.1, 0.15) is 0 Å². The molecular formula is C14H19NO2. The van der Waals surface area contributed by atoms with Crippen molar-refractivity contribution in [2.45, 2.75) is 37.7 Å². The van der Waals surface area contributed by atoms with E-state index in [-0.39, 0.29) is 12.0 Å². The van der Waals surface area contributed by atoms with Crippen LogP contribution >= 0.6 is 0 Å². The van der Waals surface area contributed by atoms with Gasteiger partial charge in [0.2, 0.25) is 0 Å². The first-order chi connectivity index (χ1) is 8.36. The minimum Gasteiger partial charge on any atom is -0.392 e. The fourth-order valence-corrected chi connectivity index (χ4v) is 3.16. The Morgan fingerprint density at radius 3 is 2.94 bits per heavy atom. The number of aromatic nitrogens is 1. The Kier molecular flexibility index (Phi) is 3.12. The summed E-state index contributed by atoms with van der Waals surface area (Å²) >= 11 is 0. The summed E-state index contributed by atoms with van der Waals surface area (Å²) in [7, 11) is 0. The predicted molar refractivity (Wildman–Crippen MR) is 64.8 cm³/mol. The topological polar surface area (TPSA) is 42.4 Å². The number of aliphatic hydroxyl groups excluding tert-OH is 1. The molecule has 0 aromatic carbocycles. The molecule has 3 rings (SSSR count). The van der Waals surface area contributed by atoms with Crippen LogP contribution in [0.25, 0.3) is 0 Å². The largest absolute Gasteiger partial charge is 0.392 e. The highest BCUT2D eigenvalue weighted by molar-refractivity contribution is 5.29. The molecule has 1 N–H and O–H groups in total. The number of aliphatic hydroxyl groups is 1. The fraction of sp³-hybridized carbons (Fsp3) is 0.643. The van der Waals surface area contributed by atoms with E-state index in [1.165, 1.54) is 5.56 Å². The third-order valence-electron chi connectivity index (χ3n) is 4.16. The molecule has 1 saturated heterocycles. The number of pyridine rings is 1. The van der Waals surface area contributed by atoms with Gasteiger partial charge in [-0.1, -0.05) is 6.07 Å². The third-order valence-corrected chi connectivity index (χ3v) is 4.16. The van der Waals surface area contributed by atoms with Gasteiger partial charge in [-0.2, -0.15) is 0 Å². The van der Waals surface area contributed by atoms with E-state index in [1.54, 1.807) is 0 Å². The van der Waals surface area contributed by atoms with Gasteiger partial charge in [-0.15, -0.1) is 0 Å². The lowest BCUT2D eigenvalue weighted by atomic mass is 9.84. The zero-order valence-electron chi connectivity index (χ0n) is 10.0. The Balaban J connectivity index is 1.76. The number of fused-ring (bicyclic) bond motifs is 1. The van der Waals surface area contributed by atoms with Crippen molar-refractivity contribution in [2.24, 2.45) is 5.92 Å². The maximum absolute atomic E-state index is 10.5. The highest BCUT2D eigenvalue weighted by atomic mass is 16.5. The van der Waals surface area contributed by atoms with Crippen molar-refractivity contribution >= 4 is 0 Å². The quantitative estimate of drug-likeness (QED) is 0.848. The van der Waals surface area contributed by atoms with Crippen LogP contribution in [-0.2, 0) is 11.2 Å². The standard InChI is InChI=1S/C14H19NO2/c16-14(11-5-8-17-9-6-11)12-4-3-10-2-1-7-15-13(10)12/h1-2,7,11-12,14,16H,3-6,8-9H2. The molecule has 2 heterocycles. The summed E-state index contributed by atoms with van der Waals surface area (Å²) in [5.41, 5.74) is 2.45. The van der Waals surface area contributed by atoms with Crippen LogP contribution in [0.1, 0.15) is 36.4 Å². The fourth-order valence-electron chi connectivity index (χ4n) is 3.16. The Morgan fingerprint density at radius 1 is 1.29 bits per heavy atom. The smallest absolute Gasteiger partial charge is 0.0653 e. The summed E-state index contributed by atoms with van der Waals surface area (Å²) in [5.74, 6) is 0.635. The van der Waals surface area contributed by atoms with E-state index < -0.39 is 0 Å². The Hall–Kier alpha value is -0.930. The van der Waals surface area contributed by atoms with E-state index in [9.17, 15) is 5.11 Å². The molecule has 2 aliphatic rings. The molecule has 92 valence electrons. The van der Waals surface area contributed by atoms with Crippen LogP contribution in [0.15, 0.2) is 18.3 Å². The molecule has 0 radical (unpaired) electrons. The number of hydrogen-bond donors (Lipinski definition) is 1. The molecule has 0 bridgehead atoms. The van der Waals surface area contributed by atoms with Gasteiger partial charge in [0.25, 0.3) is 0 Å². The predicted octanol–water partition coefficient (Wildman–Crippen LogP) is 1.90. The minimum atomic E-state index is -0.241. The maximum atomic E-state index is 10.5. The van der Waals surface area contributed by atoms with Gasteiger partial charge in [0.05, 0.1) is 6.10 Å². The van der Waals surface area contributed by atoms with Gasteiger partial charge in [0, 0.05) is 31.0 Å². The average molecular weight is 233 g/mol. The second-order valence-corrected chi connectivity index (χ2v) is 5.13. The van der Waals surface area contributed by atoms with Crippen molar-refractivity contribution in [3.63, 3.8) is 0 Å². The van der Waals surface area contributed by atoms with E-state index in [0.29, 0.717) is 5.92 Å². The van der Waals surface area contributed by atoms with E-state index in [4.69, 9.17) is 4.74 Å². The summed E-state index contributed by atoms with van der Waals surface area (Å²) in [6.07, 6.45) is 5.68. The summed E-state index contributed by atoms with van der Waals surface area (Å²) in [6, 6.07) is 4.13. The number of rotatable bonds is 2. The molecule has 1 aliphatic carbocycles. The zero-order valence-corrected chi connectivity index (χ0v) is 10.0. The molecule has 0 saturated carbocycles. The van der Waals surface area contributed by atoms with Crippen LogP contribution in [0.4, 0.5) is 0 Å². The van der Waals surface area contributed by atoms with Crippen LogP contribution in [0.3, 0.4) is 0 Å². The molecule has 1 aliphatic heterocycles. The van der Waals surface area contributed by atoms with E-state index in [1.807, 2.05) is 12.3 Å². The highest BCUT2D eigenvalue weighted by Gasteiger charge is 2.34. The second-order valence-electron chi connectivity index (χ2n) is 5.13. The van der Waals surface area contributed by atoms with Crippen LogP contribution in [-0.4, -0.2) is 29.4 Å². The van der Waals surface area contributed by atoms with Crippen molar-refractivity contribution in [1.82, 2.24) is 4.98 Å². The van der Waals surface area contributed by atoms with E-state index in [2.05, 4.69) is 11.1 Å². The van der Waals surface area contributed by atoms with Gasteiger partial charge in [-0.3, -0.25) is 4.98 Å². The van der Waals surface area contributed by atoms with Gasteiger partial charge < -0.3 is 9.84 Å². The first kappa shape index (κ1) is 11.2. The number of ether oxygens (including phenoxy) is 1. The summed E-state index contributed by atoms with van der Waals surface area (Å²) in [4.78, 5) is 4.47. The molecule has 1 aromatic rings. The lowest BCUT2D eigenvalue weighted by Crippen LogP contribution is -2.31. The van der Waals surface area contributed by atoms with Crippen molar-refractivity contribution in [3.8, 4) is 0 Å². The first-order valence-corrected chi connectivity index (χ1v) is 6.56. The summed E-state index contributed by atoms with van der Waals surface area (Å²) < 4.78 is 5.36. The van der Waals surface area contributed by atoms with Gasteiger partial charge in [-0.05, 0) is 43.2 Å². The van der Waals surface area contributed by atoms with Crippen LogP contribution in [0.5, 0.6) is 0 Å². The molecule has 3 heteroatoms. The average Bonchev–Trinajstić information content (AvgIpc) is 2.83. The van der Waals surface area contributed by atoms with Crippen LogP contribution in [0.2, 0.25) is 0 Å². The van der Waals surface area contributed by atoms with E-state index in [0.717, 1.165) is 44.6 Å².